The molecule has 0 fully saturated rings. The zero-order valence-corrected chi connectivity index (χ0v) is 34.6. The van der Waals surface area contributed by atoms with E-state index in [1.54, 1.807) is 0 Å². The Kier molecular flexibility index (Phi) is 14.2. The Morgan fingerprint density at radius 1 is 0.406 bits per heavy atom. The fourth-order valence-corrected chi connectivity index (χ4v) is 7.51. The quantitative estimate of drug-likeness (QED) is 0.0926. The van der Waals surface area contributed by atoms with Crippen molar-refractivity contribution in [1.29, 1.82) is 0 Å². The molecule has 0 saturated carbocycles. The summed E-state index contributed by atoms with van der Waals surface area (Å²) in [6.45, 7) is 9.72. The summed E-state index contributed by atoms with van der Waals surface area (Å²) < 4.78 is 0. The zero-order valence-electron chi connectivity index (χ0n) is 34.6. The Bertz CT molecular complexity index is 3160. The van der Waals surface area contributed by atoms with E-state index in [0.29, 0.717) is 0 Å². The first kappa shape index (κ1) is 45.7. The average molecular weight is 856 g/mol. The largest absolute Gasteiger partial charge is 0.323 e. The van der Waals surface area contributed by atoms with Crippen molar-refractivity contribution in [3.63, 3.8) is 0 Å². The van der Waals surface area contributed by atoms with Crippen molar-refractivity contribution in [2.75, 3.05) is 16.0 Å². The van der Waals surface area contributed by atoms with Crippen LogP contribution >= 0.6 is 0 Å². The van der Waals surface area contributed by atoms with Gasteiger partial charge in [0.05, 0.1) is 22.1 Å². The summed E-state index contributed by atoms with van der Waals surface area (Å²) in [4.78, 5) is 26.9. The third-order valence-electron chi connectivity index (χ3n) is 10.6. The molecule has 0 bridgehead atoms. The smallest absolute Gasteiger partial charge is 0.161 e. The predicted molar refractivity (Wildman–Crippen MR) is 262 cm³/mol. The summed E-state index contributed by atoms with van der Waals surface area (Å²) in [6, 6.07) is 32.0. The second-order valence-corrected chi connectivity index (χ2v) is 14.9. The van der Waals surface area contributed by atoms with Crippen molar-refractivity contribution in [1.82, 2.24) is 60.5 Å². The fourth-order valence-electron chi connectivity index (χ4n) is 7.51. The number of benzene rings is 4. The van der Waals surface area contributed by atoms with Crippen LogP contribution in [0.3, 0.4) is 0 Å². The van der Waals surface area contributed by atoms with Gasteiger partial charge in [0.25, 0.3) is 0 Å². The Hall–Kier alpha value is -7.81. The number of H-pyrrole nitrogens is 3. The molecule has 0 spiro atoms. The van der Waals surface area contributed by atoms with Gasteiger partial charge in [-0.25, -0.2) is 29.9 Å². The highest BCUT2D eigenvalue weighted by Crippen LogP contribution is 2.31. The van der Waals surface area contributed by atoms with Crippen LogP contribution in [0.1, 0.15) is 75.1 Å². The highest BCUT2D eigenvalue weighted by atomic mass is 15.2. The van der Waals surface area contributed by atoms with Crippen LogP contribution in [0.4, 0.5) is 34.9 Å². The lowest BCUT2D eigenvalue weighted by Crippen LogP contribution is -2.12. The van der Waals surface area contributed by atoms with Gasteiger partial charge < -0.3 is 16.0 Å². The summed E-state index contributed by atoms with van der Waals surface area (Å²) in [5.74, 6) is 7.19. The molecule has 328 valence electrons. The van der Waals surface area contributed by atoms with Crippen molar-refractivity contribution >= 4 is 78.5 Å². The van der Waals surface area contributed by atoms with E-state index in [1.807, 2.05) is 126 Å². The lowest BCUT2D eigenvalue weighted by molar-refractivity contribution is 0.660. The van der Waals surface area contributed by atoms with Gasteiger partial charge in [-0.2, -0.15) is 15.3 Å². The second-order valence-electron chi connectivity index (χ2n) is 14.9. The zero-order chi connectivity index (χ0) is 41.9. The van der Waals surface area contributed by atoms with Crippen molar-refractivity contribution < 1.29 is 0 Å². The number of aromatic amines is 3. The maximum atomic E-state index is 4.59. The minimum atomic E-state index is 0. The molecule has 0 radical (unpaired) electrons. The van der Waals surface area contributed by atoms with E-state index in [2.05, 4.69) is 82.5 Å². The van der Waals surface area contributed by atoms with Crippen LogP contribution in [-0.2, 0) is 12.8 Å². The van der Waals surface area contributed by atoms with Gasteiger partial charge in [0.1, 0.15) is 34.9 Å². The normalized spacial score (nSPS) is 11.5. The van der Waals surface area contributed by atoms with Gasteiger partial charge in [0, 0.05) is 44.1 Å². The predicted octanol–water partition coefficient (Wildman–Crippen LogP) is 11.8. The van der Waals surface area contributed by atoms with E-state index in [-0.39, 0.29) is 22.3 Å². The standard InChI is InChI=1S/C16H17N5.C16H13N5.C14H15N5.3CH4/c2*1-10-17-13-8-4-2-6-11(13)15(18-10)19-16-12-7-3-5-9-14(12)20-21-16;1-8-9(2)15-10(3)16-13(8)17-14-11-6-4-5-7-12(11)18-19-14;;;/h3,5,7,9H,2,4,6,8H2,1H3,(H2,17,18,19,20,21);2-9H,1H3,(H2,17,18,19,20,21);4-7H,1-3H3,(H2,15,16,17,18,19);3*1H4. The van der Waals surface area contributed by atoms with Gasteiger partial charge in [-0.05, 0) is 109 Å². The van der Waals surface area contributed by atoms with Crippen molar-refractivity contribution in [3.05, 3.63) is 137 Å². The summed E-state index contributed by atoms with van der Waals surface area (Å²) >= 11 is 0. The molecular formula is C49H57N15. The number of anilines is 6. The van der Waals surface area contributed by atoms with E-state index in [4.69, 9.17) is 0 Å². The third kappa shape index (κ3) is 9.63. The van der Waals surface area contributed by atoms with Gasteiger partial charge in [-0.15, -0.1) is 0 Å². The Balaban J connectivity index is 0.000000156. The molecule has 10 aromatic rings. The SMILES string of the molecule is C.C.C.Cc1nc(C)c(C)c(Nc2n[nH]c3ccccc23)n1.Cc1nc(Nc2n[nH]c3ccccc23)c2ccccc2n1.Cc1nc2c(c(Nc3n[nH]c4ccccc34)n1)CCCC2. The number of hydrogen-bond donors (Lipinski definition) is 6. The molecule has 6 aromatic heterocycles. The number of para-hydroxylation sites is 4. The molecular weight excluding hydrogens is 799 g/mol. The first-order valence-corrected chi connectivity index (χ1v) is 20.3. The van der Waals surface area contributed by atoms with E-state index in [1.165, 1.54) is 24.1 Å². The topological polar surface area (TPSA) is 199 Å². The van der Waals surface area contributed by atoms with Crippen molar-refractivity contribution in [2.24, 2.45) is 0 Å². The van der Waals surface area contributed by atoms with Gasteiger partial charge in [-0.3, -0.25) is 15.3 Å². The molecule has 0 atom stereocenters. The highest BCUT2D eigenvalue weighted by Gasteiger charge is 2.18. The minimum absolute atomic E-state index is 0. The monoisotopic (exact) mass is 855 g/mol. The average Bonchev–Trinajstić information content (AvgIpc) is 4.00. The van der Waals surface area contributed by atoms with Gasteiger partial charge >= 0.3 is 0 Å². The summed E-state index contributed by atoms with van der Waals surface area (Å²) in [5.41, 5.74) is 8.41. The molecule has 0 unspecified atom stereocenters. The molecule has 15 heteroatoms. The molecule has 0 aliphatic heterocycles. The number of aromatic nitrogens is 12. The third-order valence-corrected chi connectivity index (χ3v) is 10.6. The van der Waals surface area contributed by atoms with Crippen molar-refractivity contribution in [3.8, 4) is 0 Å². The molecule has 6 heterocycles. The molecule has 15 nitrogen and oxygen atoms in total. The maximum Gasteiger partial charge on any atom is 0.161 e. The van der Waals surface area contributed by atoms with Crippen LogP contribution in [-0.4, -0.2) is 60.5 Å². The lowest BCUT2D eigenvalue weighted by atomic mass is 9.96. The van der Waals surface area contributed by atoms with E-state index < -0.39 is 0 Å². The van der Waals surface area contributed by atoms with Crippen LogP contribution in [0.5, 0.6) is 0 Å². The van der Waals surface area contributed by atoms with Crippen LogP contribution < -0.4 is 16.0 Å². The number of fused-ring (bicyclic) bond motifs is 5. The Morgan fingerprint density at radius 3 is 1.41 bits per heavy atom. The summed E-state index contributed by atoms with van der Waals surface area (Å²) in [6.07, 6.45) is 4.51. The van der Waals surface area contributed by atoms with E-state index in [9.17, 15) is 0 Å². The highest BCUT2D eigenvalue weighted by molar-refractivity contribution is 5.96. The first-order chi connectivity index (χ1) is 29.8. The maximum absolute atomic E-state index is 4.59. The van der Waals surface area contributed by atoms with Crippen LogP contribution in [0.25, 0.3) is 43.6 Å². The van der Waals surface area contributed by atoms with Gasteiger partial charge in [0.2, 0.25) is 0 Å². The van der Waals surface area contributed by atoms with Crippen molar-refractivity contribution in [2.45, 2.75) is 82.6 Å². The Labute approximate surface area is 373 Å². The number of hydrogen-bond acceptors (Lipinski definition) is 12. The number of rotatable bonds is 6. The van der Waals surface area contributed by atoms with Crippen LogP contribution in [0, 0.1) is 34.6 Å². The minimum Gasteiger partial charge on any atom is -0.323 e. The first-order valence-electron chi connectivity index (χ1n) is 20.3. The number of nitrogens with one attached hydrogen (secondary N) is 6. The van der Waals surface area contributed by atoms with Gasteiger partial charge in [0.15, 0.2) is 17.5 Å². The van der Waals surface area contributed by atoms with Gasteiger partial charge in [-0.1, -0.05) is 70.8 Å². The molecule has 0 amide bonds. The molecule has 64 heavy (non-hydrogen) atoms. The molecule has 1 aliphatic rings. The van der Waals surface area contributed by atoms with Crippen LogP contribution in [0.15, 0.2) is 97.1 Å². The molecule has 0 saturated heterocycles. The fraction of sp³-hybridized carbons (Fsp3) is 0.245. The Morgan fingerprint density at radius 2 is 0.828 bits per heavy atom. The molecule has 1 aliphatic carbocycles. The summed E-state index contributed by atoms with van der Waals surface area (Å²) in [5, 5.41) is 36.2. The van der Waals surface area contributed by atoms with Crippen LogP contribution in [0.2, 0.25) is 0 Å². The second kappa shape index (κ2) is 19.9. The lowest BCUT2D eigenvalue weighted by Gasteiger charge is -2.18. The molecule has 11 rings (SSSR count). The summed E-state index contributed by atoms with van der Waals surface area (Å²) in [7, 11) is 0. The van der Waals surface area contributed by atoms with E-state index >= 15 is 0 Å². The molecule has 4 aromatic carbocycles. The van der Waals surface area contributed by atoms with E-state index in [0.717, 1.165) is 120 Å². The number of nitrogens with zero attached hydrogens (tertiary/aromatic N) is 9. The number of aryl methyl sites for hydroxylation is 5. The molecule has 6 N–H and O–H groups in total.